The number of amides is 2. The van der Waals surface area contributed by atoms with Crippen molar-refractivity contribution in [1.82, 2.24) is 30.7 Å². The number of carbonyl (C=O) groups is 2. The number of aromatic nitrogens is 5. The molecule has 0 saturated carbocycles. The molecule has 0 aliphatic heterocycles. The number of primary amides is 1. The number of hydrogen-bond donors (Lipinski definition) is 3. The minimum Gasteiger partial charge on any atom is -0.484 e. The smallest absolute Gasteiger partial charge is 0.293 e. The van der Waals surface area contributed by atoms with Gasteiger partial charge in [-0.1, -0.05) is 18.6 Å². The zero-order chi connectivity index (χ0) is 22.4. The summed E-state index contributed by atoms with van der Waals surface area (Å²) in [7, 11) is 0. The van der Waals surface area contributed by atoms with E-state index in [-0.39, 0.29) is 23.9 Å². The highest BCUT2D eigenvalue weighted by atomic mass is 16.6. The average Bonchev–Trinajstić information content (AvgIpc) is 3.36. The highest BCUT2D eigenvalue weighted by Gasteiger charge is 2.23. The van der Waals surface area contributed by atoms with E-state index < -0.39 is 11.8 Å². The predicted octanol–water partition coefficient (Wildman–Crippen LogP) is 0.203. The third kappa shape index (κ3) is 5.01. The molecule has 2 aromatic heterocycles. The Morgan fingerprint density at radius 2 is 2.00 bits per heavy atom. The van der Waals surface area contributed by atoms with Crippen molar-refractivity contribution in [3.8, 4) is 11.6 Å². The van der Waals surface area contributed by atoms with Crippen LogP contribution in [0.1, 0.15) is 42.0 Å². The number of hydrazone groups is 1. The third-order valence-electron chi connectivity index (χ3n) is 4.14. The van der Waals surface area contributed by atoms with Crippen LogP contribution in [-0.4, -0.2) is 49.4 Å². The van der Waals surface area contributed by atoms with E-state index in [0.29, 0.717) is 23.6 Å². The van der Waals surface area contributed by atoms with Crippen molar-refractivity contribution in [3.05, 3.63) is 41.2 Å². The molecule has 2 heterocycles. The third-order valence-corrected chi connectivity index (χ3v) is 4.14. The fourth-order valence-electron chi connectivity index (χ4n) is 2.65. The maximum absolute atomic E-state index is 12.7. The topological polar surface area (TPSA) is 189 Å². The van der Waals surface area contributed by atoms with E-state index in [0.717, 1.165) is 12.0 Å². The number of nitrogens with zero attached hydrogens (tertiary/aromatic N) is 6. The molecule has 0 saturated heterocycles. The number of rotatable bonds is 9. The van der Waals surface area contributed by atoms with E-state index in [2.05, 4.69) is 35.8 Å². The lowest BCUT2D eigenvalue weighted by atomic mass is 10.1. The summed E-state index contributed by atoms with van der Waals surface area (Å²) in [5, 5.41) is 19.2. The Kier molecular flexibility index (Phi) is 6.54. The Balaban J connectivity index is 1.74. The van der Waals surface area contributed by atoms with Gasteiger partial charge in [0.2, 0.25) is 11.6 Å². The summed E-state index contributed by atoms with van der Waals surface area (Å²) < 4.78 is 11.1. The zero-order valence-corrected chi connectivity index (χ0v) is 16.9. The van der Waals surface area contributed by atoms with Gasteiger partial charge in [0.05, 0.1) is 11.4 Å². The van der Waals surface area contributed by atoms with Crippen molar-refractivity contribution in [2.75, 3.05) is 12.3 Å². The number of nitrogen functional groups attached to an aromatic ring is 1. The molecule has 1 aromatic carbocycles. The van der Waals surface area contributed by atoms with Crippen LogP contribution >= 0.6 is 0 Å². The number of hydrogen-bond acceptors (Lipinski definition) is 10. The van der Waals surface area contributed by atoms with Crippen LogP contribution in [0.25, 0.3) is 5.82 Å². The Hall–Kier alpha value is -4.29. The standard InChI is InChI=1S/C18H21N9O4/c1-3-4-13-15(22-26-27(13)17-16(20)24-31-25-17)18(29)23-21-10(2)11-5-7-12(8-6-11)30-9-14(19)28/h5-8H,3-4,9H2,1-2H3,(H2,19,28)(H2,20,24)(H,23,29). The van der Waals surface area contributed by atoms with Gasteiger partial charge in [0, 0.05) is 0 Å². The molecule has 0 spiro atoms. The molecule has 13 heteroatoms. The van der Waals surface area contributed by atoms with Crippen molar-refractivity contribution < 1.29 is 19.0 Å². The fraction of sp³-hybridized carbons (Fsp3) is 0.278. The summed E-state index contributed by atoms with van der Waals surface area (Å²) in [6.45, 7) is 3.47. The zero-order valence-electron chi connectivity index (χ0n) is 16.9. The second kappa shape index (κ2) is 9.47. The molecule has 5 N–H and O–H groups in total. The Morgan fingerprint density at radius 3 is 2.61 bits per heavy atom. The van der Waals surface area contributed by atoms with Gasteiger partial charge in [0.25, 0.3) is 11.8 Å². The molecule has 162 valence electrons. The summed E-state index contributed by atoms with van der Waals surface area (Å²) in [6.07, 6.45) is 1.23. The number of anilines is 1. The molecule has 0 unspecified atom stereocenters. The number of benzene rings is 1. The van der Waals surface area contributed by atoms with Crippen LogP contribution in [0.3, 0.4) is 0 Å². The van der Waals surface area contributed by atoms with Crippen molar-refractivity contribution in [2.45, 2.75) is 26.7 Å². The van der Waals surface area contributed by atoms with E-state index in [1.807, 2.05) is 6.92 Å². The second-order valence-electron chi connectivity index (χ2n) is 6.44. The first-order chi connectivity index (χ1) is 14.9. The largest absolute Gasteiger partial charge is 0.484 e. The Labute approximate surface area is 176 Å². The lowest BCUT2D eigenvalue weighted by Gasteiger charge is -2.06. The van der Waals surface area contributed by atoms with E-state index in [4.69, 9.17) is 16.2 Å². The van der Waals surface area contributed by atoms with Gasteiger partial charge < -0.3 is 16.2 Å². The predicted molar refractivity (Wildman–Crippen MR) is 108 cm³/mol. The van der Waals surface area contributed by atoms with Gasteiger partial charge in [-0.15, -0.1) is 5.10 Å². The highest BCUT2D eigenvalue weighted by Crippen LogP contribution is 2.17. The van der Waals surface area contributed by atoms with E-state index in [1.165, 1.54) is 4.68 Å². The lowest BCUT2D eigenvalue weighted by molar-refractivity contribution is -0.119. The second-order valence-corrected chi connectivity index (χ2v) is 6.44. The number of ether oxygens (including phenoxy) is 1. The maximum Gasteiger partial charge on any atom is 0.293 e. The van der Waals surface area contributed by atoms with Crippen LogP contribution in [0.2, 0.25) is 0 Å². The average molecular weight is 427 g/mol. The first-order valence-corrected chi connectivity index (χ1v) is 9.29. The van der Waals surface area contributed by atoms with Crippen LogP contribution in [-0.2, 0) is 11.2 Å². The summed E-state index contributed by atoms with van der Waals surface area (Å²) in [6, 6.07) is 6.81. The number of carbonyl (C=O) groups excluding carboxylic acids is 2. The van der Waals surface area contributed by atoms with Gasteiger partial charge in [-0.3, -0.25) is 9.59 Å². The molecule has 0 aliphatic carbocycles. The molecule has 0 aliphatic rings. The van der Waals surface area contributed by atoms with Crippen molar-refractivity contribution in [2.24, 2.45) is 10.8 Å². The molecule has 0 radical (unpaired) electrons. The molecular formula is C18H21N9O4. The first-order valence-electron chi connectivity index (χ1n) is 9.29. The number of nitrogens with one attached hydrogen (secondary N) is 1. The van der Waals surface area contributed by atoms with Crippen LogP contribution in [0.4, 0.5) is 5.82 Å². The minimum atomic E-state index is -0.564. The molecule has 31 heavy (non-hydrogen) atoms. The van der Waals surface area contributed by atoms with Crippen molar-refractivity contribution >= 4 is 23.3 Å². The molecule has 0 atom stereocenters. The normalized spacial score (nSPS) is 11.4. The van der Waals surface area contributed by atoms with Gasteiger partial charge in [-0.2, -0.15) is 9.78 Å². The molecule has 13 nitrogen and oxygen atoms in total. The number of nitrogens with two attached hydrogens (primary N) is 2. The van der Waals surface area contributed by atoms with Gasteiger partial charge in [-0.05, 0) is 53.5 Å². The summed E-state index contributed by atoms with van der Waals surface area (Å²) in [4.78, 5) is 23.4. The highest BCUT2D eigenvalue weighted by molar-refractivity contribution is 6.00. The summed E-state index contributed by atoms with van der Waals surface area (Å²) in [5.41, 5.74) is 15.1. The van der Waals surface area contributed by atoms with Crippen LogP contribution < -0.4 is 21.6 Å². The Morgan fingerprint density at radius 1 is 1.26 bits per heavy atom. The molecule has 0 bridgehead atoms. The molecular weight excluding hydrogens is 406 g/mol. The quantitative estimate of drug-likeness (QED) is 0.316. The van der Waals surface area contributed by atoms with Crippen LogP contribution in [0.15, 0.2) is 34.0 Å². The molecule has 0 fully saturated rings. The SMILES string of the molecule is CCCc1c(C(=O)NN=C(C)c2ccc(OCC(N)=O)cc2)nnn1-c1nonc1N. The van der Waals surface area contributed by atoms with Gasteiger partial charge >= 0.3 is 0 Å². The maximum atomic E-state index is 12.7. The summed E-state index contributed by atoms with van der Waals surface area (Å²) in [5.74, 6) is -0.418. The van der Waals surface area contributed by atoms with Crippen LogP contribution in [0, 0.1) is 0 Å². The van der Waals surface area contributed by atoms with Gasteiger partial charge in [0.1, 0.15) is 5.75 Å². The lowest BCUT2D eigenvalue weighted by Crippen LogP contribution is -2.22. The first kappa shape index (κ1) is 21.4. The van der Waals surface area contributed by atoms with Gasteiger partial charge in [0.15, 0.2) is 12.3 Å². The van der Waals surface area contributed by atoms with Gasteiger partial charge in [-0.25, -0.2) is 10.1 Å². The monoisotopic (exact) mass is 427 g/mol. The molecule has 3 aromatic rings. The van der Waals surface area contributed by atoms with E-state index >= 15 is 0 Å². The van der Waals surface area contributed by atoms with Crippen molar-refractivity contribution in [1.29, 1.82) is 0 Å². The minimum absolute atomic E-state index is 0.0336. The van der Waals surface area contributed by atoms with Crippen LogP contribution in [0.5, 0.6) is 5.75 Å². The van der Waals surface area contributed by atoms with Crippen molar-refractivity contribution in [3.63, 3.8) is 0 Å². The summed E-state index contributed by atoms with van der Waals surface area (Å²) >= 11 is 0. The Bertz CT molecular complexity index is 1100. The van der Waals surface area contributed by atoms with E-state index in [1.54, 1.807) is 31.2 Å². The fourth-order valence-corrected chi connectivity index (χ4v) is 2.65. The van der Waals surface area contributed by atoms with E-state index in [9.17, 15) is 9.59 Å². The molecule has 3 rings (SSSR count). The molecule has 2 amide bonds.